The molecule has 2 aromatic heterocycles. The van der Waals surface area contributed by atoms with E-state index in [-0.39, 0.29) is 27.5 Å². The normalized spacial score (nSPS) is 11.6. The van der Waals surface area contributed by atoms with E-state index >= 15 is 0 Å². The number of carbonyl (C=O) groups is 1. The van der Waals surface area contributed by atoms with Crippen LogP contribution >= 0.6 is 11.6 Å². The number of benzene rings is 1. The number of carbonyl (C=O) groups excluding carboxylic acids is 1. The molecule has 1 amide bonds. The molecule has 1 N–H and O–H groups in total. The molecule has 0 unspecified atom stereocenters. The number of hydrogen-bond acceptors (Lipinski definition) is 5. The van der Waals surface area contributed by atoms with Gasteiger partial charge in [-0.15, -0.1) is 0 Å². The number of halogens is 4. The molecular weight excluding hydrogens is 453 g/mol. The summed E-state index contributed by atoms with van der Waals surface area (Å²) in [5.41, 5.74) is -2.25. The number of rotatable bonds is 5. The number of ether oxygens (including phenoxy) is 1. The monoisotopic (exact) mass is 470 g/mol. The minimum absolute atomic E-state index is 0.0128. The van der Waals surface area contributed by atoms with Gasteiger partial charge in [-0.25, -0.2) is 14.3 Å². The van der Waals surface area contributed by atoms with E-state index in [1.807, 2.05) is 6.92 Å². The highest BCUT2D eigenvalue weighted by Crippen LogP contribution is 2.33. The molecule has 0 saturated heterocycles. The topological polar surface area (TPSA) is 95.2 Å². The van der Waals surface area contributed by atoms with Gasteiger partial charge in [0.15, 0.2) is 5.65 Å². The summed E-state index contributed by atoms with van der Waals surface area (Å²) in [6.07, 6.45) is -2.65. The molecule has 32 heavy (non-hydrogen) atoms. The molecule has 2 heterocycles. The molecule has 1 aromatic carbocycles. The van der Waals surface area contributed by atoms with E-state index in [1.165, 1.54) is 20.4 Å². The van der Waals surface area contributed by atoms with Crippen LogP contribution < -0.4 is 21.3 Å². The Labute approximate surface area is 184 Å². The quantitative estimate of drug-likeness (QED) is 0.618. The van der Waals surface area contributed by atoms with E-state index in [0.717, 1.165) is 16.7 Å². The van der Waals surface area contributed by atoms with Gasteiger partial charge in [0.2, 0.25) is 5.91 Å². The van der Waals surface area contributed by atoms with Crippen molar-refractivity contribution in [2.24, 2.45) is 7.05 Å². The molecule has 0 bridgehead atoms. The summed E-state index contributed by atoms with van der Waals surface area (Å²) in [7, 11) is 2.74. The number of alkyl halides is 3. The smallest absolute Gasteiger partial charge is 0.416 e. The highest BCUT2D eigenvalue weighted by atomic mass is 35.5. The number of fused-ring (bicyclic) bond motifs is 1. The molecule has 12 heteroatoms. The van der Waals surface area contributed by atoms with E-state index < -0.39 is 35.4 Å². The van der Waals surface area contributed by atoms with Crippen LogP contribution in [0.3, 0.4) is 0 Å². The second-order valence-electron chi connectivity index (χ2n) is 6.84. The van der Waals surface area contributed by atoms with Crippen LogP contribution in [-0.2, 0) is 31.0 Å². The Balaban J connectivity index is 2.06. The van der Waals surface area contributed by atoms with Gasteiger partial charge in [-0.1, -0.05) is 18.5 Å². The van der Waals surface area contributed by atoms with Gasteiger partial charge in [0.25, 0.3) is 5.56 Å². The SMILES string of the molecule is CCc1cnc2c(c1OC)c(=O)n(CC(=O)Nc1cc(C(F)(F)F)ccc1Cl)c(=O)n2C. The number of aromatic nitrogens is 3. The molecule has 0 saturated carbocycles. The lowest BCUT2D eigenvalue weighted by Crippen LogP contribution is -2.42. The molecule has 0 aliphatic carbocycles. The molecule has 0 aliphatic rings. The van der Waals surface area contributed by atoms with Crippen LogP contribution in [0.4, 0.5) is 18.9 Å². The maximum absolute atomic E-state index is 13.1. The fourth-order valence-electron chi connectivity index (χ4n) is 3.22. The van der Waals surface area contributed by atoms with Crippen molar-refractivity contribution in [2.75, 3.05) is 12.4 Å². The van der Waals surface area contributed by atoms with E-state index in [0.29, 0.717) is 22.6 Å². The Hall–Kier alpha value is -3.34. The zero-order chi connectivity index (χ0) is 23.8. The lowest BCUT2D eigenvalue weighted by atomic mass is 10.1. The second-order valence-corrected chi connectivity index (χ2v) is 7.25. The van der Waals surface area contributed by atoms with Crippen LogP contribution in [0.1, 0.15) is 18.1 Å². The zero-order valence-corrected chi connectivity index (χ0v) is 18.0. The summed E-state index contributed by atoms with van der Waals surface area (Å²) in [5, 5.41) is 2.10. The van der Waals surface area contributed by atoms with Gasteiger partial charge in [-0.05, 0) is 24.6 Å². The number of nitrogens with zero attached hydrogens (tertiary/aromatic N) is 3. The number of anilines is 1. The van der Waals surface area contributed by atoms with Crippen LogP contribution in [0.15, 0.2) is 34.0 Å². The van der Waals surface area contributed by atoms with Crippen LogP contribution in [0.25, 0.3) is 11.0 Å². The highest BCUT2D eigenvalue weighted by Gasteiger charge is 2.31. The lowest BCUT2D eigenvalue weighted by molar-refractivity contribution is -0.137. The molecule has 8 nitrogen and oxygen atoms in total. The minimum atomic E-state index is -4.64. The second kappa shape index (κ2) is 8.65. The largest absolute Gasteiger partial charge is 0.495 e. The van der Waals surface area contributed by atoms with Crippen molar-refractivity contribution in [3.8, 4) is 5.75 Å². The Kier molecular flexibility index (Phi) is 6.31. The molecule has 170 valence electrons. The number of pyridine rings is 1. The third kappa shape index (κ3) is 4.20. The zero-order valence-electron chi connectivity index (χ0n) is 17.2. The Morgan fingerprint density at radius 2 is 1.97 bits per heavy atom. The average Bonchev–Trinajstić information content (AvgIpc) is 2.74. The summed E-state index contributed by atoms with van der Waals surface area (Å²) >= 11 is 5.89. The van der Waals surface area contributed by atoms with Crippen LogP contribution in [0.5, 0.6) is 5.75 Å². The molecule has 0 aliphatic heterocycles. The Bertz CT molecular complexity index is 1330. The number of methoxy groups -OCH3 is 1. The van der Waals surface area contributed by atoms with E-state index in [9.17, 15) is 27.6 Å². The van der Waals surface area contributed by atoms with Crippen LogP contribution in [0.2, 0.25) is 5.02 Å². The number of aryl methyl sites for hydroxylation is 2. The molecule has 0 fully saturated rings. The number of nitrogens with one attached hydrogen (secondary N) is 1. The van der Waals surface area contributed by atoms with Crippen molar-refractivity contribution in [2.45, 2.75) is 26.1 Å². The third-order valence-corrected chi connectivity index (χ3v) is 5.16. The van der Waals surface area contributed by atoms with Gasteiger partial charge in [0.05, 0.1) is 23.4 Å². The van der Waals surface area contributed by atoms with Crippen molar-refractivity contribution in [3.05, 3.63) is 61.4 Å². The fourth-order valence-corrected chi connectivity index (χ4v) is 3.38. The lowest BCUT2D eigenvalue weighted by Gasteiger charge is -2.15. The molecule has 3 aromatic rings. The summed E-state index contributed by atoms with van der Waals surface area (Å²) in [6.45, 7) is 1.08. The Morgan fingerprint density at radius 3 is 2.56 bits per heavy atom. The first-order valence-electron chi connectivity index (χ1n) is 9.31. The molecule has 0 atom stereocenters. The average molecular weight is 471 g/mol. The third-order valence-electron chi connectivity index (χ3n) is 4.83. The van der Waals surface area contributed by atoms with E-state index in [4.69, 9.17) is 16.3 Å². The first-order chi connectivity index (χ1) is 15.0. The first-order valence-corrected chi connectivity index (χ1v) is 9.69. The van der Waals surface area contributed by atoms with Crippen molar-refractivity contribution in [1.29, 1.82) is 0 Å². The van der Waals surface area contributed by atoms with Gasteiger partial charge in [0, 0.05) is 18.8 Å². The van der Waals surface area contributed by atoms with E-state index in [1.54, 1.807) is 0 Å². The summed E-state index contributed by atoms with van der Waals surface area (Å²) in [6, 6.07) is 2.43. The van der Waals surface area contributed by atoms with Gasteiger partial charge in [-0.2, -0.15) is 13.2 Å². The Morgan fingerprint density at radius 1 is 1.28 bits per heavy atom. The summed E-state index contributed by atoms with van der Waals surface area (Å²) in [5.74, 6) is -0.684. The van der Waals surface area contributed by atoms with Gasteiger partial charge >= 0.3 is 11.9 Å². The summed E-state index contributed by atoms with van der Waals surface area (Å²) in [4.78, 5) is 42.4. The first kappa shape index (κ1) is 23.3. The van der Waals surface area contributed by atoms with Gasteiger partial charge in [-0.3, -0.25) is 14.2 Å². The standard InChI is InChI=1S/C20H18ClF3N4O4/c1-4-10-8-25-17-15(16(10)32-3)18(30)28(19(31)27(17)2)9-14(29)26-13-7-11(20(22,23)24)5-6-12(13)21/h5-8H,4,9H2,1-3H3,(H,26,29). The van der Waals surface area contributed by atoms with Crippen molar-refractivity contribution >= 4 is 34.2 Å². The molecule has 3 rings (SSSR count). The molecule has 0 radical (unpaired) electrons. The van der Waals surface area contributed by atoms with Crippen LogP contribution in [0, 0.1) is 0 Å². The maximum Gasteiger partial charge on any atom is 0.416 e. The van der Waals surface area contributed by atoms with Crippen LogP contribution in [-0.4, -0.2) is 27.1 Å². The van der Waals surface area contributed by atoms with Crippen molar-refractivity contribution in [1.82, 2.24) is 14.1 Å². The van der Waals surface area contributed by atoms with Gasteiger partial charge < -0.3 is 10.1 Å². The van der Waals surface area contributed by atoms with Gasteiger partial charge in [0.1, 0.15) is 17.7 Å². The highest BCUT2D eigenvalue weighted by molar-refractivity contribution is 6.33. The minimum Gasteiger partial charge on any atom is -0.495 e. The summed E-state index contributed by atoms with van der Waals surface area (Å²) < 4.78 is 45.9. The molecular formula is C20H18ClF3N4O4. The van der Waals surface area contributed by atoms with Crippen molar-refractivity contribution < 1.29 is 22.7 Å². The maximum atomic E-state index is 13.1. The number of hydrogen-bond donors (Lipinski definition) is 1. The molecule has 0 spiro atoms. The predicted molar refractivity (Wildman–Crippen MR) is 112 cm³/mol. The van der Waals surface area contributed by atoms with Crippen molar-refractivity contribution in [3.63, 3.8) is 0 Å². The van der Waals surface area contributed by atoms with E-state index in [2.05, 4.69) is 10.3 Å². The number of amides is 1. The fraction of sp³-hybridized carbons (Fsp3) is 0.300. The predicted octanol–water partition coefficient (Wildman–Crippen LogP) is 2.98.